The van der Waals surface area contributed by atoms with Crippen molar-refractivity contribution in [3.05, 3.63) is 58.8 Å². The monoisotopic (exact) mass is 601 g/mol. The maximum Gasteiger partial charge on any atom is 0.153 e. The van der Waals surface area contributed by atoms with Crippen LogP contribution in [0.15, 0.2) is 36.4 Å². The topological polar surface area (TPSA) is 118 Å². The Hall–Kier alpha value is -2.00. The molecule has 0 amide bonds. The molecule has 7 nitrogen and oxygen atoms in total. The normalized spacial score (nSPS) is 49.9. The van der Waals surface area contributed by atoms with Gasteiger partial charge in [0.15, 0.2) is 5.60 Å². The van der Waals surface area contributed by atoms with E-state index in [1.54, 1.807) is 0 Å². The molecule has 3 saturated carbocycles. The Balaban J connectivity index is 1.21. The Bertz CT molecular complexity index is 1690. The highest BCUT2D eigenvalue weighted by Crippen LogP contribution is 2.75. The fraction of sp³-hybridized carbons (Fsp3) is 0.676. The Morgan fingerprint density at radius 2 is 1.89 bits per heavy atom. The summed E-state index contributed by atoms with van der Waals surface area (Å²) in [5.41, 5.74) is 2.12. The number of nitrogens with one attached hydrogen (secondary N) is 1. The van der Waals surface area contributed by atoms with E-state index in [-0.39, 0.29) is 23.4 Å². The number of ether oxygens (including phenoxy) is 2. The molecule has 5 fully saturated rings. The van der Waals surface area contributed by atoms with E-state index < -0.39 is 46.1 Å². The second-order valence-electron chi connectivity index (χ2n) is 16.7. The van der Waals surface area contributed by atoms with Crippen molar-refractivity contribution in [3.63, 3.8) is 0 Å². The molecule has 236 valence electrons. The molecule has 12 atom stereocenters. The van der Waals surface area contributed by atoms with E-state index in [1.165, 1.54) is 11.3 Å². The van der Waals surface area contributed by atoms with E-state index >= 15 is 0 Å². The molecule has 0 bridgehead atoms. The number of rotatable bonds is 2. The minimum Gasteiger partial charge on any atom is -0.390 e. The summed E-state index contributed by atoms with van der Waals surface area (Å²) >= 11 is 0. The van der Waals surface area contributed by atoms with Crippen LogP contribution in [0.4, 0.5) is 0 Å². The fourth-order valence-electron chi connectivity index (χ4n) is 12.3. The minimum absolute atomic E-state index is 0.0662. The van der Waals surface area contributed by atoms with E-state index in [0.29, 0.717) is 12.3 Å². The average Bonchev–Trinajstić information content (AvgIpc) is 3.51. The van der Waals surface area contributed by atoms with Gasteiger partial charge in [0.25, 0.3) is 0 Å². The maximum absolute atomic E-state index is 13.0. The van der Waals surface area contributed by atoms with Crippen molar-refractivity contribution in [1.29, 1.82) is 0 Å². The highest BCUT2D eigenvalue weighted by Gasteiger charge is 2.86. The molecule has 7 aliphatic rings. The summed E-state index contributed by atoms with van der Waals surface area (Å²) < 4.78 is 13.0. The molecule has 0 radical (unpaired) electrons. The first-order valence-corrected chi connectivity index (χ1v) is 16.7. The average molecular weight is 602 g/mol. The van der Waals surface area contributed by atoms with Crippen LogP contribution in [-0.2, 0) is 33.3 Å². The van der Waals surface area contributed by atoms with Crippen LogP contribution < -0.4 is 0 Å². The lowest BCUT2D eigenvalue weighted by atomic mass is 9.40. The first-order chi connectivity index (χ1) is 20.6. The summed E-state index contributed by atoms with van der Waals surface area (Å²) in [5, 5.41) is 49.2. The van der Waals surface area contributed by atoms with Gasteiger partial charge in [-0.1, -0.05) is 38.6 Å². The first-order valence-electron chi connectivity index (χ1n) is 16.7. The second kappa shape index (κ2) is 7.92. The van der Waals surface area contributed by atoms with Crippen molar-refractivity contribution in [1.82, 2.24) is 4.98 Å². The molecular weight excluding hydrogens is 554 g/mol. The lowest BCUT2D eigenvalue weighted by molar-refractivity contribution is -0.265. The molecule has 1 spiro atoms. The second-order valence-corrected chi connectivity index (χ2v) is 16.7. The molecule has 2 saturated heterocycles. The summed E-state index contributed by atoms with van der Waals surface area (Å²) in [7, 11) is 0. The lowest BCUT2D eigenvalue weighted by Crippen LogP contribution is -2.76. The number of hydrogen-bond donors (Lipinski definition) is 5. The molecule has 44 heavy (non-hydrogen) atoms. The van der Waals surface area contributed by atoms with E-state index in [9.17, 15) is 20.4 Å². The van der Waals surface area contributed by atoms with Gasteiger partial charge in [-0.25, -0.2) is 0 Å². The molecule has 2 aliphatic heterocycles. The van der Waals surface area contributed by atoms with Gasteiger partial charge in [0.2, 0.25) is 0 Å². The van der Waals surface area contributed by atoms with E-state index in [4.69, 9.17) is 9.47 Å². The molecule has 1 aromatic carbocycles. The Kier molecular flexibility index (Phi) is 5.08. The van der Waals surface area contributed by atoms with Crippen LogP contribution in [0.25, 0.3) is 10.9 Å². The molecule has 9 rings (SSSR count). The maximum atomic E-state index is 13.0. The highest BCUT2D eigenvalue weighted by molar-refractivity contribution is 5.92. The molecular formula is C37H47NO6. The number of aliphatic hydroxyl groups is 4. The standard InChI is InChI=1S/C37H47NO6/c1-17(2)29-28(39)31-37(44-31)25(43-29)11-12-33(6)34(7)20(10-13-35(33,37)41)15-21-26-23(38-30(21)34)9-8-19-14-18(3)22-16-24(32(4,5)40)36(22,42)27(19)26/h8-9,20,22,24-25,28-29,31,38-42H,1,3,10-16H2,2,4-7H3/t20-,22?,24?,25?,28?,29?,31?,33+,34+,35-,36?,37?/m0/s1. The Morgan fingerprint density at radius 3 is 2.59 bits per heavy atom. The summed E-state index contributed by atoms with van der Waals surface area (Å²) in [5.74, 6) is -0.0380. The van der Waals surface area contributed by atoms with Crippen LogP contribution in [-0.4, -0.2) is 66.6 Å². The van der Waals surface area contributed by atoms with Crippen LogP contribution in [0.5, 0.6) is 0 Å². The number of epoxide rings is 1. The summed E-state index contributed by atoms with van der Waals surface area (Å²) in [6, 6.07) is 4.28. The smallest absolute Gasteiger partial charge is 0.153 e. The predicted molar refractivity (Wildman–Crippen MR) is 166 cm³/mol. The Labute approximate surface area is 259 Å². The van der Waals surface area contributed by atoms with Crippen molar-refractivity contribution in [2.75, 3.05) is 0 Å². The third kappa shape index (κ3) is 2.74. The van der Waals surface area contributed by atoms with Crippen molar-refractivity contribution in [3.8, 4) is 0 Å². The van der Waals surface area contributed by atoms with E-state index in [1.807, 2.05) is 20.8 Å². The van der Waals surface area contributed by atoms with Gasteiger partial charge in [-0.3, -0.25) is 0 Å². The van der Waals surface area contributed by atoms with Gasteiger partial charge < -0.3 is 34.9 Å². The predicted octanol–water partition coefficient (Wildman–Crippen LogP) is 4.47. The minimum atomic E-state index is -1.18. The number of benzene rings is 1. The van der Waals surface area contributed by atoms with Gasteiger partial charge in [-0.15, -0.1) is 0 Å². The third-order valence-corrected chi connectivity index (χ3v) is 14.7. The van der Waals surface area contributed by atoms with E-state index in [2.05, 4.69) is 44.1 Å². The number of fused-ring (bicyclic) bond motifs is 11. The molecule has 5 aliphatic carbocycles. The van der Waals surface area contributed by atoms with Gasteiger partial charge in [0, 0.05) is 39.3 Å². The number of hydrogen-bond acceptors (Lipinski definition) is 6. The van der Waals surface area contributed by atoms with Gasteiger partial charge in [-0.05, 0) is 100.0 Å². The summed E-state index contributed by atoms with van der Waals surface area (Å²) in [4.78, 5) is 3.87. The largest absolute Gasteiger partial charge is 0.390 e. The van der Waals surface area contributed by atoms with Crippen molar-refractivity contribution < 1.29 is 29.9 Å². The number of aromatic nitrogens is 1. The van der Waals surface area contributed by atoms with Crippen LogP contribution in [0.2, 0.25) is 0 Å². The Morgan fingerprint density at radius 1 is 1.14 bits per heavy atom. The summed E-state index contributed by atoms with van der Waals surface area (Å²) in [6.45, 7) is 18.5. The van der Waals surface area contributed by atoms with Gasteiger partial charge in [-0.2, -0.15) is 0 Å². The summed E-state index contributed by atoms with van der Waals surface area (Å²) in [6.07, 6.45) is 3.20. The van der Waals surface area contributed by atoms with E-state index in [0.717, 1.165) is 71.7 Å². The molecule has 7 heteroatoms. The zero-order valence-corrected chi connectivity index (χ0v) is 26.7. The quantitative estimate of drug-likeness (QED) is 0.256. The SMILES string of the molecule is C=C(C)C1OC2CC[C@]3(C)[C@@]4(C)c5[nH]c6ccc7c(c6c5C[C@@H]4CC[C@@]3(O)C23OC3C1O)C1(O)C(CC1C(C)(C)O)C(=C)C7. The third-order valence-electron chi connectivity index (χ3n) is 14.7. The van der Waals surface area contributed by atoms with Gasteiger partial charge >= 0.3 is 0 Å². The number of aromatic amines is 1. The highest BCUT2D eigenvalue weighted by atomic mass is 16.7. The fourth-order valence-corrected chi connectivity index (χ4v) is 12.3. The number of aliphatic hydroxyl groups excluding tert-OH is 1. The van der Waals surface area contributed by atoms with Crippen LogP contribution in [0.3, 0.4) is 0 Å². The van der Waals surface area contributed by atoms with Crippen molar-refractivity contribution in [2.24, 2.45) is 23.2 Å². The van der Waals surface area contributed by atoms with Gasteiger partial charge in [0.05, 0.1) is 11.7 Å². The van der Waals surface area contributed by atoms with Gasteiger partial charge in [0.1, 0.15) is 29.5 Å². The molecule has 5 N–H and O–H groups in total. The van der Waals surface area contributed by atoms with Crippen LogP contribution in [0, 0.1) is 23.2 Å². The van der Waals surface area contributed by atoms with Crippen molar-refractivity contribution in [2.45, 2.75) is 132 Å². The molecule has 2 aromatic rings. The van der Waals surface area contributed by atoms with Crippen LogP contribution >= 0.6 is 0 Å². The van der Waals surface area contributed by atoms with Crippen LogP contribution in [0.1, 0.15) is 89.1 Å². The number of H-pyrrole nitrogens is 1. The molecule has 8 unspecified atom stereocenters. The lowest BCUT2D eigenvalue weighted by Gasteiger charge is -2.66. The molecule has 3 heterocycles. The molecule has 1 aromatic heterocycles. The zero-order valence-electron chi connectivity index (χ0n) is 26.7. The van der Waals surface area contributed by atoms with Crippen molar-refractivity contribution >= 4 is 10.9 Å². The first kappa shape index (κ1) is 28.2. The zero-order chi connectivity index (χ0) is 31.1.